The van der Waals surface area contributed by atoms with Crippen LogP contribution >= 0.6 is 22.9 Å². The largest absolute Gasteiger partial charge is 0.321 e. The molecule has 0 saturated carbocycles. The van der Waals surface area contributed by atoms with E-state index in [-0.39, 0.29) is 5.82 Å². The number of benzene rings is 1. The zero-order valence-corrected chi connectivity index (χ0v) is 11.8. The maximum Gasteiger partial charge on any atom is 0.128 e. The molecule has 0 aliphatic heterocycles. The van der Waals surface area contributed by atoms with Crippen molar-refractivity contribution in [2.24, 2.45) is 0 Å². The average molecular weight is 296 g/mol. The lowest BCUT2D eigenvalue weighted by Crippen LogP contribution is -2.04. The van der Waals surface area contributed by atoms with Crippen LogP contribution in [0.3, 0.4) is 0 Å². The van der Waals surface area contributed by atoms with Crippen molar-refractivity contribution >= 4 is 34.0 Å². The molecule has 0 bridgehead atoms. The van der Waals surface area contributed by atoms with Crippen molar-refractivity contribution in [3.8, 4) is 0 Å². The molecule has 2 heterocycles. The van der Waals surface area contributed by atoms with Crippen LogP contribution in [0.4, 0.5) is 4.39 Å². The molecule has 1 aromatic carbocycles. The smallest absolute Gasteiger partial charge is 0.128 e. The van der Waals surface area contributed by atoms with Crippen molar-refractivity contribution in [3.05, 3.63) is 45.9 Å². The first kappa shape index (κ1) is 12.6. The van der Waals surface area contributed by atoms with E-state index in [2.05, 4.69) is 9.97 Å². The van der Waals surface area contributed by atoms with Crippen molar-refractivity contribution < 1.29 is 4.39 Å². The highest BCUT2D eigenvalue weighted by molar-refractivity contribution is 7.07. The second-order valence-corrected chi connectivity index (χ2v) is 5.30. The van der Waals surface area contributed by atoms with Crippen LogP contribution in [0.5, 0.6) is 0 Å². The molecule has 2 aromatic heterocycles. The highest BCUT2D eigenvalue weighted by Crippen LogP contribution is 2.22. The van der Waals surface area contributed by atoms with Crippen LogP contribution in [0.2, 0.25) is 0 Å². The molecule has 98 valence electrons. The van der Waals surface area contributed by atoms with Crippen molar-refractivity contribution in [2.75, 3.05) is 0 Å². The van der Waals surface area contributed by atoms with Crippen molar-refractivity contribution in [1.82, 2.24) is 14.5 Å². The minimum absolute atomic E-state index is 0.244. The minimum atomic E-state index is -0.244. The topological polar surface area (TPSA) is 30.7 Å². The van der Waals surface area contributed by atoms with E-state index in [9.17, 15) is 4.39 Å². The Kier molecular flexibility index (Phi) is 3.24. The van der Waals surface area contributed by atoms with Gasteiger partial charge >= 0.3 is 0 Å². The van der Waals surface area contributed by atoms with Gasteiger partial charge in [-0.2, -0.15) is 0 Å². The first-order valence-electron chi connectivity index (χ1n) is 5.77. The molecule has 0 radical (unpaired) electrons. The molecule has 3 aromatic rings. The molecule has 0 N–H and O–H groups in total. The lowest BCUT2D eigenvalue weighted by Gasteiger charge is -2.06. The van der Waals surface area contributed by atoms with E-state index in [1.165, 1.54) is 6.07 Å². The Morgan fingerprint density at radius 2 is 2.26 bits per heavy atom. The van der Waals surface area contributed by atoms with Crippen LogP contribution in [0.25, 0.3) is 11.0 Å². The van der Waals surface area contributed by atoms with Gasteiger partial charge in [-0.05, 0) is 18.6 Å². The molecule has 0 unspecified atom stereocenters. The molecule has 0 aliphatic carbocycles. The molecule has 3 nitrogen and oxygen atoms in total. The average Bonchev–Trinajstić information content (AvgIpc) is 3.00. The van der Waals surface area contributed by atoms with E-state index in [0.29, 0.717) is 23.5 Å². The molecule has 19 heavy (non-hydrogen) atoms. The van der Waals surface area contributed by atoms with Gasteiger partial charge in [0.25, 0.3) is 0 Å². The van der Waals surface area contributed by atoms with E-state index < -0.39 is 0 Å². The van der Waals surface area contributed by atoms with Gasteiger partial charge in [0.1, 0.15) is 11.6 Å². The summed E-state index contributed by atoms with van der Waals surface area (Å²) in [6.07, 6.45) is 0. The number of thiazole rings is 1. The molecule has 0 aliphatic rings. The van der Waals surface area contributed by atoms with E-state index in [1.54, 1.807) is 29.8 Å². The number of fused-ring (bicyclic) bond motifs is 1. The fourth-order valence-electron chi connectivity index (χ4n) is 2.06. The number of hydrogen-bond acceptors (Lipinski definition) is 3. The number of alkyl halides is 1. The molecular weight excluding hydrogens is 285 g/mol. The van der Waals surface area contributed by atoms with Gasteiger partial charge in [-0.3, -0.25) is 0 Å². The molecule has 0 spiro atoms. The van der Waals surface area contributed by atoms with Gasteiger partial charge in [0.05, 0.1) is 34.7 Å². The Morgan fingerprint density at radius 3 is 2.95 bits per heavy atom. The zero-order chi connectivity index (χ0) is 13.4. The third-order valence-electron chi connectivity index (χ3n) is 3.03. The van der Waals surface area contributed by atoms with Crippen molar-refractivity contribution in [2.45, 2.75) is 19.3 Å². The number of rotatable bonds is 3. The summed E-state index contributed by atoms with van der Waals surface area (Å²) in [6.45, 7) is 2.35. The summed E-state index contributed by atoms with van der Waals surface area (Å²) in [4.78, 5) is 8.65. The number of hydrogen-bond donors (Lipinski definition) is 0. The van der Waals surface area contributed by atoms with Crippen LogP contribution in [0.15, 0.2) is 23.0 Å². The first-order valence-corrected chi connectivity index (χ1v) is 7.25. The van der Waals surface area contributed by atoms with Gasteiger partial charge in [-0.1, -0.05) is 0 Å². The predicted octanol–water partition coefficient (Wildman–Crippen LogP) is 3.73. The molecule has 3 rings (SSSR count). The molecule has 6 heteroatoms. The number of halogens is 2. The van der Waals surface area contributed by atoms with E-state index in [4.69, 9.17) is 11.6 Å². The maximum absolute atomic E-state index is 13.6. The minimum Gasteiger partial charge on any atom is -0.321 e. The second-order valence-electron chi connectivity index (χ2n) is 4.32. The van der Waals surface area contributed by atoms with E-state index in [0.717, 1.165) is 17.0 Å². The summed E-state index contributed by atoms with van der Waals surface area (Å²) < 4.78 is 15.6. The standard InChI is InChI=1S/C13H11ClFN3S/c1-8-2-12-11(3-10(8)15)17-13(4-14)18(12)5-9-6-19-7-16-9/h2-3,6-7H,4-5H2,1H3. The zero-order valence-electron chi connectivity index (χ0n) is 10.2. The molecule has 0 saturated heterocycles. The number of nitrogens with zero attached hydrogens (tertiary/aromatic N) is 3. The molecular formula is C13H11ClFN3S. The fourth-order valence-corrected chi connectivity index (χ4v) is 2.81. The summed E-state index contributed by atoms with van der Waals surface area (Å²) in [6, 6.07) is 3.26. The summed E-state index contributed by atoms with van der Waals surface area (Å²) in [5, 5.41) is 1.99. The lowest BCUT2D eigenvalue weighted by molar-refractivity contribution is 0.620. The second kappa shape index (κ2) is 4.90. The van der Waals surface area contributed by atoms with Gasteiger partial charge in [0, 0.05) is 11.4 Å². The summed E-state index contributed by atoms with van der Waals surface area (Å²) in [7, 11) is 0. The normalized spacial score (nSPS) is 11.3. The highest BCUT2D eigenvalue weighted by atomic mass is 35.5. The van der Waals surface area contributed by atoms with E-state index in [1.807, 2.05) is 9.95 Å². The SMILES string of the molecule is Cc1cc2c(cc1F)nc(CCl)n2Cc1cscn1. The van der Waals surface area contributed by atoms with Gasteiger partial charge in [0.2, 0.25) is 0 Å². The Morgan fingerprint density at radius 1 is 1.42 bits per heavy atom. The fraction of sp³-hybridized carbons (Fsp3) is 0.231. The van der Waals surface area contributed by atoms with Gasteiger partial charge in [0.15, 0.2) is 0 Å². The van der Waals surface area contributed by atoms with E-state index >= 15 is 0 Å². The lowest BCUT2D eigenvalue weighted by atomic mass is 10.2. The predicted molar refractivity (Wildman–Crippen MR) is 75.2 cm³/mol. The monoisotopic (exact) mass is 295 g/mol. The summed E-state index contributed by atoms with van der Waals surface area (Å²) in [5.74, 6) is 0.779. The van der Waals surface area contributed by atoms with Crippen LogP contribution in [0, 0.1) is 12.7 Å². The third-order valence-corrected chi connectivity index (χ3v) is 3.91. The van der Waals surface area contributed by atoms with Gasteiger partial charge in [-0.15, -0.1) is 22.9 Å². The van der Waals surface area contributed by atoms with Crippen molar-refractivity contribution in [1.29, 1.82) is 0 Å². The quantitative estimate of drug-likeness (QED) is 0.689. The van der Waals surface area contributed by atoms with Crippen LogP contribution in [-0.4, -0.2) is 14.5 Å². The number of aryl methyl sites for hydroxylation is 1. The van der Waals surface area contributed by atoms with Crippen LogP contribution in [0.1, 0.15) is 17.1 Å². The molecule has 0 amide bonds. The van der Waals surface area contributed by atoms with Crippen LogP contribution < -0.4 is 0 Å². The first-order chi connectivity index (χ1) is 9.19. The van der Waals surface area contributed by atoms with Crippen LogP contribution in [-0.2, 0) is 12.4 Å². The summed E-state index contributed by atoms with van der Waals surface area (Å²) in [5.41, 5.74) is 4.88. The van der Waals surface area contributed by atoms with Gasteiger partial charge in [-0.25, -0.2) is 14.4 Å². The van der Waals surface area contributed by atoms with Gasteiger partial charge < -0.3 is 4.57 Å². The highest BCUT2D eigenvalue weighted by Gasteiger charge is 2.13. The summed E-state index contributed by atoms with van der Waals surface area (Å²) >= 11 is 7.48. The third kappa shape index (κ3) is 2.24. The molecule has 0 atom stereocenters. The Labute approximate surface area is 118 Å². The number of aromatic nitrogens is 3. The van der Waals surface area contributed by atoms with Crippen molar-refractivity contribution in [3.63, 3.8) is 0 Å². The molecule has 0 fully saturated rings. The Hall–Kier alpha value is -1.46. The Bertz CT molecular complexity index is 721. The Balaban J connectivity index is 2.17. The maximum atomic E-state index is 13.6. The number of imidazole rings is 1.